The fraction of sp³-hybridized carbons (Fsp3) is 0.333. The van der Waals surface area contributed by atoms with Crippen LogP contribution in [0.4, 0.5) is 0 Å². The molecule has 0 amide bonds. The Morgan fingerprint density at radius 2 is 1.43 bits per heavy atom. The van der Waals surface area contributed by atoms with Crippen LogP contribution in [0.2, 0.25) is 0 Å². The maximum absolute atomic E-state index is 9.10. The van der Waals surface area contributed by atoms with Crippen LogP contribution in [0, 0.1) is 0 Å². The molecule has 1 heterocycles. The van der Waals surface area contributed by atoms with Gasteiger partial charge in [-0.25, -0.2) is 9.59 Å². The van der Waals surface area contributed by atoms with Crippen LogP contribution in [-0.2, 0) is 22.7 Å². The smallest absolute Gasteiger partial charge is 0.414 e. The lowest BCUT2D eigenvalue weighted by Gasteiger charge is -2.32. The second-order valence-electron chi connectivity index (χ2n) is 6.61. The van der Waals surface area contributed by atoms with Gasteiger partial charge in [-0.2, -0.15) is 0 Å². The minimum absolute atomic E-state index is 0.624. The van der Waals surface area contributed by atoms with Gasteiger partial charge in [0, 0.05) is 32.7 Å². The van der Waals surface area contributed by atoms with E-state index >= 15 is 0 Å². The largest absolute Gasteiger partial charge is 0.489 e. The number of carbonyl (C=O) groups is 2. The number of likely N-dealkylation sites (N-methyl/N-ethyl adjacent to an activating group) is 1. The highest BCUT2D eigenvalue weighted by molar-refractivity contribution is 6.27. The maximum Gasteiger partial charge on any atom is 0.414 e. The minimum atomic E-state index is -1.82. The van der Waals surface area contributed by atoms with Crippen molar-refractivity contribution in [3.05, 3.63) is 65.7 Å². The lowest BCUT2D eigenvalue weighted by atomic mass is 10.2. The van der Waals surface area contributed by atoms with Gasteiger partial charge in [0.25, 0.3) is 0 Å². The monoisotopic (exact) mass is 386 g/mol. The lowest BCUT2D eigenvalue weighted by molar-refractivity contribution is -0.159. The normalized spacial score (nSPS) is 14.6. The number of benzene rings is 2. The first-order valence-electron chi connectivity index (χ1n) is 9.07. The summed E-state index contributed by atoms with van der Waals surface area (Å²) in [6.07, 6.45) is 0. The molecule has 2 aromatic carbocycles. The Bertz CT molecular complexity index is 729. The first-order chi connectivity index (χ1) is 13.4. The predicted molar refractivity (Wildman–Crippen MR) is 105 cm³/mol. The summed E-state index contributed by atoms with van der Waals surface area (Å²) < 4.78 is 5.83. The molecule has 0 saturated carbocycles. The van der Waals surface area contributed by atoms with Gasteiger partial charge in [0.05, 0.1) is 0 Å². The lowest BCUT2D eigenvalue weighted by Crippen LogP contribution is -2.43. The van der Waals surface area contributed by atoms with E-state index in [1.165, 1.54) is 11.1 Å². The number of rotatable bonds is 5. The quantitative estimate of drug-likeness (QED) is 0.761. The van der Waals surface area contributed by atoms with Gasteiger partial charge in [-0.15, -0.1) is 0 Å². The molecule has 1 saturated heterocycles. The summed E-state index contributed by atoms with van der Waals surface area (Å²) in [5.74, 6) is -2.71. The third-order valence-electron chi connectivity index (χ3n) is 4.36. The van der Waals surface area contributed by atoms with Crippen molar-refractivity contribution in [3.8, 4) is 5.75 Å². The van der Waals surface area contributed by atoms with Crippen LogP contribution in [0.25, 0.3) is 0 Å². The van der Waals surface area contributed by atoms with E-state index in [4.69, 9.17) is 24.5 Å². The van der Waals surface area contributed by atoms with Gasteiger partial charge in [0.15, 0.2) is 0 Å². The van der Waals surface area contributed by atoms with E-state index in [1.807, 2.05) is 18.2 Å². The summed E-state index contributed by atoms with van der Waals surface area (Å²) in [6, 6.07) is 18.8. The van der Waals surface area contributed by atoms with Crippen molar-refractivity contribution in [2.45, 2.75) is 13.2 Å². The zero-order valence-corrected chi connectivity index (χ0v) is 16.0. The van der Waals surface area contributed by atoms with Crippen molar-refractivity contribution >= 4 is 11.9 Å². The highest BCUT2D eigenvalue weighted by Gasteiger charge is 2.13. The van der Waals surface area contributed by atoms with Gasteiger partial charge in [-0.05, 0) is 30.3 Å². The second-order valence-corrected chi connectivity index (χ2v) is 6.61. The molecule has 0 aromatic heterocycles. The topological polar surface area (TPSA) is 90.3 Å². The van der Waals surface area contributed by atoms with E-state index < -0.39 is 11.9 Å². The standard InChI is InChI=1S/C19H24N2O.C2H2O4/c1-20-11-13-21(14-12-20)15-17-7-9-19(10-8-17)22-16-18-5-3-2-4-6-18;3-1(4)2(5)6/h2-10H,11-16H2,1H3;(H,3,4)(H,5,6). The molecule has 1 aliphatic rings. The molecule has 28 heavy (non-hydrogen) atoms. The van der Waals surface area contributed by atoms with Crippen molar-refractivity contribution in [1.82, 2.24) is 9.80 Å². The molecule has 0 unspecified atom stereocenters. The van der Waals surface area contributed by atoms with Gasteiger partial charge < -0.3 is 19.8 Å². The third kappa shape index (κ3) is 7.77. The molecule has 0 spiro atoms. The molecule has 1 aliphatic heterocycles. The van der Waals surface area contributed by atoms with E-state index in [0.29, 0.717) is 6.61 Å². The zero-order chi connectivity index (χ0) is 20.4. The molecule has 2 aromatic rings. The summed E-state index contributed by atoms with van der Waals surface area (Å²) in [5, 5.41) is 14.8. The average Bonchev–Trinajstić information content (AvgIpc) is 2.70. The Morgan fingerprint density at radius 3 is 1.96 bits per heavy atom. The minimum Gasteiger partial charge on any atom is -0.489 e. The van der Waals surface area contributed by atoms with Gasteiger partial charge >= 0.3 is 11.9 Å². The summed E-state index contributed by atoms with van der Waals surface area (Å²) in [7, 11) is 2.19. The zero-order valence-electron chi connectivity index (χ0n) is 16.0. The van der Waals surface area contributed by atoms with Gasteiger partial charge in [0.1, 0.15) is 12.4 Å². The highest BCUT2D eigenvalue weighted by atomic mass is 16.5. The Morgan fingerprint density at radius 1 is 0.857 bits per heavy atom. The van der Waals surface area contributed by atoms with Crippen LogP contribution in [0.15, 0.2) is 54.6 Å². The van der Waals surface area contributed by atoms with Crippen LogP contribution in [-0.4, -0.2) is 65.2 Å². The Balaban J connectivity index is 0.000000409. The molecule has 0 aliphatic carbocycles. The van der Waals surface area contributed by atoms with Crippen molar-refractivity contribution in [3.63, 3.8) is 0 Å². The fourth-order valence-electron chi connectivity index (χ4n) is 2.70. The number of hydrogen-bond acceptors (Lipinski definition) is 5. The van der Waals surface area contributed by atoms with Crippen LogP contribution in [0.5, 0.6) is 5.75 Å². The van der Waals surface area contributed by atoms with E-state index in [0.717, 1.165) is 38.5 Å². The average molecular weight is 386 g/mol. The van der Waals surface area contributed by atoms with Crippen molar-refractivity contribution in [1.29, 1.82) is 0 Å². The molecule has 0 bridgehead atoms. The highest BCUT2D eigenvalue weighted by Crippen LogP contribution is 2.16. The molecule has 2 N–H and O–H groups in total. The molecule has 7 nitrogen and oxygen atoms in total. The summed E-state index contributed by atoms with van der Waals surface area (Å²) in [6.45, 7) is 6.30. The molecular weight excluding hydrogens is 360 g/mol. The predicted octanol–water partition coefficient (Wildman–Crippen LogP) is 2.17. The summed E-state index contributed by atoms with van der Waals surface area (Å²) >= 11 is 0. The Labute approximate surface area is 164 Å². The number of carboxylic acids is 2. The van der Waals surface area contributed by atoms with E-state index in [1.54, 1.807) is 0 Å². The molecule has 150 valence electrons. The molecule has 3 rings (SSSR count). The first kappa shape index (κ1) is 21.4. The fourth-order valence-corrected chi connectivity index (χ4v) is 2.70. The van der Waals surface area contributed by atoms with Crippen molar-refractivity contribution in [2.24, 2.45) is 0 Å². The third-order valence-corrected chi connectivity index (χ3v) is 4.36. The molecule has 1 fully saturated rings. The maximum atomic E-state index is 9.10. The molecule has 0 radical (unpaired) electrons. The van der Waals surface area contributed by atoms with Crippen LogP contribution < -0.4 is 4.74 Å². The van der Waals surface area contributed by atoms with Crippen molar-refractivity contribution < 1.29 is 24.5 Å². The first-order valence-corrected chi connectivity index (χ1v) is 9.07. The molecule has 7 heteroatoms. The number of ether oxygens (including phenoxy) is 1. The van der Waals surface area contributed by atoms with E-state index in [-0.39, 0.29) is 0 Å². The number of hydrogen-bond donors (Lipinski definition) is 2. The summed E-state index contributed by atoms with van der Waals surface area (Å²) in [5.41, 5.74) is 2.56. The Hall–Kier alpha value is -2.90. The SMILES string of the molecule is CN1CCN(Cc2ccc(OCc3ccccc3)cc2)CC1.O=C(O)C(=O)O. The van der Waals surface area contributed by atoms with Gasteiger partial charge in [0.2, 0.25) is 0 Å². The van der Waals surface area contributed by atoms with Crippen LogP contribution >= 0.6 is 0 Å². The molecule has 0 atom stereocenters. The van der Waals surface area contributed by atoms with Crippen LogP contribution in [0.1, 0.15) is 11.1 Å². The summed E-state index contributed by atoms with van der Waals surface area (Å²) in [4.78, 5) is 23.1. The number of aliphatic carboxylic acids is 2. The Kier molecular flexibility index (Phi) is 8.45. The van der Waals surface area contributed by atoms with Gasteiger partial charge in [-0.1, -0.05) is 42.5 Å². The van der Waals surface area contributed by atoms with Crippen LogP contribution in [0.3, 0.4) is 0 Å². The second kappa shape index (κ2) is 11.1. The van der Waals surface area contributed by atoms with Crippen molar-refractivity contribution in [2.75, 3.05) is 33.2 Å². The van der Waals surface area contributed by atoms with E-state index in [9.17, 15) is 0 Å². The number of piperazine rings is 1. The molecular formula is C21H26N2O5. The number of nitrogens with zero attached hydrogens (tertiary/aromatic N) is 2. The van der Waals surface area contributed by atoms with E-state index in [2.05, 4.69) is 53.2 Å². The number of carboxylic acid groups (broad SMARTS) is 2. The van der Waals surface area contributed by atoms with Gasteiger partial charge in [-0.3, -0.25) is 4.90 Å².